The summed E-state index contributed by atoms with van der Waals surface area (Å²) in [5.74, 6) is 0.0584. The number of carbonyl (C=O) groups excluding carboxylic acids is 2. The molecule has 0 bridgehead atoms. The van der Waals surface area contributed by atoms with Crippen LogP contribution in [-0.4, -0.2) is 22.0 Å². The molecule has 0 spiro atoms. The molecule has 1 aromatic heterocycles. The monoisotopic (exact) mass is 337 g/mol. The normalized spacial score (nSPS) is 16.8. The summed E-state index contributed by atoms with van der Waals surface area (Å²) in [6.07, 6.45) is 9.39. The predicted molar refractivity (Wildman–Crippen MR) is 87.5 cm³/mol. The third-order valence-electron chi connectivity index (χ3n) is 4.84. The van der Waals surface area contributed by atoms with Crippen LogP contribution in [0.25, 0.3) is 0 Å². The highest BCUT2D eigenvalue weighted by atomic mass is 16.5. The van der Waals surface area contributed by atoms with E-state index in [1.807, 2.05) is 0 Å². The summed E-state index contributed by atoms with van der Waals surface area (Å²) >= 11 is 0. The van der Waals surface area contributed by atoms with Gasteiger partial charge in [-0.25, -0.2) is 10.5 Å². The molecule has 7 nitrogen and oxygen atoms in total. The standard InChI is InChI=1S/C17H27N3O4/c1-11-15(16(18)22)19-17(24-11)13(10-14(21)20-23)9-5-8-12-6-3-2-4-7-12/h12-13,23H,2-10H2,1H3,(H2,18,22)(H,20,21)/t13-/m1/s1. The maximum absolute atomic E-state index is 11.6. The van der Waals surface area contributed by atoms with Gasteiger partial charge in [0.05, 0.1) is 0 Å². The Balaban J connectivity index is 1.99. The number of carbonyl (C=O) groups is 2. The third kappa shape index (κ3) is 5.06. The van der Waals surface area contributed by atoms with Crippen molar-refractivity contribution in [2.75, 3.05) is 0 Å². The largest absolute Gasteiger partial charge is 0.445 e. The van der Waals surface area contributed by atoms with E-state index in [1.54, 1.807) is 12.4 Å². The first-order valence-electron chi connectivity index (χ1n) is 8.71. The Morgan fingerprint density at radius 1 is 1.38 bits per heavy atom. The van der Waals surface area contributed by atoms with Crippen LogP contribution in [0.15, 0.2) is 4.42 Å². The number of nitrogens with one attached hydrogen (secondary N) is 1. The minimum absolute atomic E-state index is 0.0688. The van der Waals surface area contributed by atoms with Crippen LogP contribution in [0.3, 0.4) is 0 Å². The number of nitrogens with zero attached hydrogens (tertiary/aromatic N) is 1. The van der Waals surface area contributed by atoms with Crippen LogP contribution in [0, 0.1) is 12.8 Å². The third-order valence-corrected chi connectivity index (χ3v) is 4.84. The molecule has 24 heavy (non-hydrogen) atoms. The minimum Gasteiger partial charge on any atom is -0.445 e. The van der Waals surface area contributed by atoms with Crippen molar-refractivity contribution >= 4 is 11.8 Å². The molecular weight excluding hydrogens is 310 g/mol. The number of primary amides is 1. The topological polar surface area (TPSA) is 118 Å². The zero-order valence-corrected chi connectivity index (χ0v) is 14.2. The van der Waals surface area contributed by atoms with Gasteiger partial charge in [0.1, 0.15) is 5.76 Å². The summed E-state index contributed by atoms with van der Waals surface area (Å²) in [4.78, 5) is 27.1. The molecule has 0 aromatic carbocycles. The molecule has 2 rings (SSSR count). The first-order valence-corrected chi connectivity index (χ1v) is 8.71. The Hall–Kier alpha value is -1.89. The lowest BCUT2D eigenvalue weighted by molar-refractivity contribution is -0.129. The van der Waals surface area contributed by atoms with Gasteiger partial charge in [-0.15, -0.1) is 0 Å². The van der Waals surface area contributed by atoms with Crippen LogP contribution in [0.4, 0.5) is 0 Å². The number of nitrogens with two attached hydrogens (primary N) is 1. The number of oxazole rings is 1. The van der Waals surface area contributed by atoms with Crippen LogP contribution >= 0.6 is 0 Å². The summed E-state index contributed by atoms with van der Waals surface area (Å²) < 4.78 is 5.55. The lowest BCUT2D eigenvalue weighted by Crippen LogP contribution is -2.21. The van der Waals surface area contributed by atoms with Crippen molar-refractivity contribution in [2.45, 2.75) is 70.6 Å². The van der Waals surface area contributed by atoms with Gasteiger partial charge in [-0.3, -0.25) is 14.8 Å². The number of aromatic nitrogens is 1. The Labute approximate surface area is 142 Å². The van der Waals surface area contributed by atoms with Crippen molar-refractivity contribution < 1.29 is 19.2 Å². The Kier molecular flexibility index (Phi) is 6.78. The molecule has 1 aliphatic rings. The van der Waals surface area contributed by atoms with Gasteiger partial charge in [0.25, 0.3) is 5.91 Å². The molecular formula is C17H27N3O4. The van der Waals surface area contributed by atoms with E-state index in [-0.39, 0.29) is 18.0 Å². The van der Waals surface area contributed by atoms with E-state index < -0.39 is 11.8 Å². The Morgan fingerprint density at radius 2 is 2.08 bits per heavy atom. The average molecular weight is 337 g/mol. The van der Waals surface area contributed by atoms with E-state index in [0.717, 1.165) is 25.2 Å². The van der Waals surface area contributed by atoms with E-state index in [9.17, 15) is 9.59 Å². The molecule has 1 aliphatic carbocycles. The zero-order chi connectivity index (χ0) is 17.5. The Morgan fingerprint density at radius 3 is 2.67 bits per heavy atom. The number of amides is 2. The lowest BCUT2D eigenvalue weighted by Gasteiger charge is -2.22. The first kappa shape index (κ1) is 18.4. The number of hydroxylamine groups is 1. The van der Waals surface area contributed by atoms with E-state index in [0.29, 0.717) is 11.7 Å². The van der Waals surface area contributed by atoms with E-state index in [2.05, 4.69) is 4.98 Å². The fourth-order valence-corrected chi connectivity index (χ4v) is 3.53. The van der Waals surface area contributed by atoms with Gasteiger partial charge >= 0.3 is 0 Å². The maximum Gasteiger partial charge on any atom is 0.270 e. The molecule has 0 unspecified atom stereocenters. The summed E-state index contributed by atoms with van der Waals surface area (Å²) in [7, 11) is 0. The summed E-state index contributed by atoms with van der Waals surface area (Å²) in [5.41, 5.74) is 7.02. The molecule has 0 aliphatic heterocycles. The second kappa shape index (κ2) is 8.82. The lowest BCUT2D eigenvalue weighted by atomic mass is 9.84. The van der Waals surface area contributed by atoms with Crippen LogP contribution in [0.1, 0.15) is 85.8 Å². The number of hydrogen-bond acceptors (Lipinski definition) is 5. The van der Waals surface area contributed by atoms with Crippen molar-refractivity contribution in [3.8, 4) is 0 Å². The van der Waals surface area contributed by atoms with Gasteiger partial charge in [0.15, 0.2) is 11.6 Å². The summed E-state index contributed by atoms with van der Waals surface area (Å²) in [6.45, 7) is 1.63. The maximum atomic E-state index is 11.6. The number of rotatable bonds is 8. The van der Waals surface area contributed by atoms with Crippen LogP contribution < -0.4 is 11.2 Å². The van der Waals surface area contributed by atoms with Gasteiger partial charge in [0.2, 0.25) is 5.91 Å². The molecule has 2 amide bonds. The van der Waals surface area contributed by atoms with Crippen molar-refractivity contribution in [3.05, 3.63) is 17.3 Å². The van der Waals surface area contributed by atoms with Crippen LogP contribution in [0.5, 0.6) is 0 Å². The SMILES string of the molecule is Cc1oc([C@H](CCCC2CCCCC2)CC(=O)NO)nc1C(N)=O. The average Bonchev–Trinajstić information content (AvgIpc) is 2.96. The number of hydrogen-bond donors (Lipinski definition) is 3. The van der Waals surface area contributed by atoms with Gasteiger partial charge in [-0.1, -0.05) is 44.9 Å². The molecule has 7 heteroatoms. The van der Waals surface area contributed by atoms with Gasteiger partial charge in [-0.2, -0.15) is 0 Å². The number of aryl methyl sites for hydroxylation is 1. The van der Waals surface area contributed by atoms with Crippen LogP contribution in [0.2, 0.25) is 0 Å². The second-order valence-corrected chi connectivity index (χ2v) is 6.69. The quantitative estimate of drug-likeness (QED) is 0.498. The summed E-state index contributed by atoms with van der Waals surface area (Å²) in [6, 6.07) is 0. The molecule has 1 heterocycles. The molecule has 0 saturated heterocycles. The molecule has 1 fully saturated rings. The van der Waals surface area contributed by atoms with Crippen molar-refractivity contribution in [3.63, 3.8) is 0 Å². The molecule has 1 saturated carbocycles. The van der Waals surface area contributed by atoms with Gasteiger partial charge in [0, 0.05) is 12.3 Å². The first-order chi connectivity index (χ1) is 11.5. The fourth-order valence-electron chi connectivity index (χ4n) is 3.53. The second-order valence-electron chi connectivity index (χ2n) is 6.69. The molecule has 1 aromatic rings. The van der Waals surface area contributed by atoms with Crippen molar-refractivity contribution in [1.29, 1.82) is 0 Å². The van der Waals surface area contributed by atoms with E-state index in [4.69, 9.17) is 15.4 Å². The molecule has 4 N–H and O–H groups in total. The summed E-state index contributed by atoms with van der Waals surface area (Å²) in [5, 5.41) is 8.78. The fraction of sp³-hybridized carbons (Fsp3) is 0.706. The van der Waals surface area contributed by atoms with Crippen molar-refractivity contribution in [1.82, 2.24) is 10.5 Å². The smallest absolute Gasteiger partial charge is 0.270 e. The molecule has 134 valence electrons. The molecule has 1 atom stereocenters. The molecule has 0 radical (unpaired) electrons. The Bertz CT molecular complexity index is 564. The van der Waals surface area contributed by atoms with E-state index >= 15 is 0 Å². The van der Waals surface area contributed by atoms with Gasteiger partial charge in [-0.05, 0) is 19.3 Å². The zero-order valence-electron chi connectivity index (χ0n) is 14.2. The van der Waals surface area contributed by atoms with E-state index in [1.165, 1.54) is 32.1 Å². The minimum atomic E-state index is -0.643. The highest BCUT2D eigenvalue weighted by molar-refractivity contribution is 5.91. The highest BCUT2D eigenvalue weighted by Gasteiger charge is 2.24. The predicted octanol–water partition coefficient (Wildman–Crippen LogP) is 2.81. The highest BCUT2D eigenvalue weighted by Crippen LogP contribution is 2.31. The van der Waals surface area contributed by atoms with Gasteiger partial charge < -0.3 is 10.2 Å². The van der Waals surface area contributed by atoms with Crippen molar-refractivity contribution in [2.24, 2.45) is 11.7 Å². The van der Waals surface area contributed by atoms with Crippen LogP contribution in [-0.2, 0) is 4.79 Å².